The monoisotopic (exact) mass is 304 g/mol. The first-order chi connectivity index (χ1) is 9.81. The van der Waals surface area contributed by atoms with Crippen LogP contribution in [0.3, 0.4) is 0 Å². The lowest BCUT2D eigenvalue weighted by molar-refractivity contribution is -0.137. The van der Waals surface area contributed by atoms with E-state index >= 15 is 0 Å². The molecule has 0 radical (unpaired) electrons. The molecule has 21 heavy (non-hydrogen) atoms. The third-order valence-corrected chi connectivity index (χ3v) is 2.65. The summed E-state index contributed by atoms with van der Waals surface area (Å²) in [5.74, 6) is -6.00. The van der Waals surface area contributed by atoms with Gasteiger partial charge in [0.25, 0.3) is 0 Å². The summed E-state index contributed by atoms with van der Waals surface area (Å²) in [6.45, 7) is 0.234. The van der Waals surface area contributed by atoms with Crippen LogP contribution in [0.4, 0.5) is 18.9 Å². The van der Waals surface area contributed by atoms with Gasteiger partial charge in [-0.1, -0.05) is 0 Å². The first-order valence-corrected chi connectivity index (χ1v) is 6.15. The molecule has 8 heteroatoms. The lowest BCUT2D eigenvalue weighted by atomic mass is 10.2. The Morgan fingerprint density at radius 3 is 2.52 bits per heavy atom. The Balaban J connectivity index is 2.50. The van der Waals surface area contributed by atoms with Crippen molar-refractivity contribution in [1.29, 1.82) is 0 Å². The number of hydrogen-bond acceptors (Lipinski definition) is 3. The number of carbonyl (C=O) groups is 2. The second kappa shape index (κ2) is 7.63. The van der Waals surface area contributed by atoms with Gasteiger partial charge in [-0.15, -0.1) is 0 Å². The second-order valence-electron chi connectivity index (χ2n) is 4.51. The van der Waals surface area contributed by atoms with Gasteiger partial charge in [-0.2, -0.15) is 0 Å². The van der Waals surface area contributed by atoms with Crippen LogP contribution in [-0.4, -0.2) is 42.0 Å². The maximum absolute atomic E-state index is 13.3. The van der Waals surface area contributed by atoms with Gasteiger partial charge in [-0.05, 0) is 32.1 Å². The van der Waals surface area contributed by atoms with Gasteiger partial charge in [0.2, 0.25) is 5.91 Å². The van der Waals surface area contributed by atoms with Crippen LogP contribution in [0.5, 0.6) is 0 Å². The Bertz CT molecular complexity index is 538. The molecule has 0 bridgehead atoms. The number of rotatable bonds is 7. The van der Waals surface area contributed by atoms with Gasteiger partial charge in [-0.25, -0.2) is 13.2 Å². The molecule has 0 aliphatic carbocycles. The Hall–Kier alpha value is -2.09. The van der Waals surface area contributed by atoms with Crippen LogP contribution in [0.1, 0.15) is 12.8 Å². The summed E-state index contributed by atoms with van der Waals surface area (Å²) in [4.78, 5) is 23.5. The molecular weight excluding hydrogens is 289 g/mol. The zero-order chi connectivity index (χ0) is 16.0. The fourth-order valence-corrected chi connectivity index (χ4v) is 1.64. The summed E-state index contributed by atoms with van der Waals surface area (Å²) in [6.07, 6.45) is 0.336. The van der Waals surface area contributed by atoms with Crippen molar-refractivity contribution in [2.45, 2.75) is 12.8 Å². The molecule has 1 rings (SSSR count). The number of hydrogen-bond donors (Lipinski definition) is 2. The van der Waals surface area contributed by atoms with E-state index in [1.807, 2.05) is 0 Å². The summed E-state index contributed by atoms with van der Waals surface area (Å²) in [6, 6.07) is 1.64. The molecule has 0 aliphatic heterocycles. The highest BCUT2D eigenvalue weighted by atomic mass is 19.2. The van der Waals surface area contributed by atoms with Gasteiger partial charge in [0.15, 0.2) is 17.5 Å². The van der Waals surface area contributed by atoms with Gasteiger partial charge in [-0.3, -0.25) is 14.5 Å². The van der Waals surface area contributed by atoms with Crippen molar-refractivity contribution in [3.8, 4) is 0 Å². The van der Waals surface area contributed by atoms with E-state index in [-0.39, 0.29) is 13.0 Å². The number of amides is 1. The van der Waals surface area contributed by atoms with Crippen molar-refractivity contribution < 1.29 is 27.9 Å². The van der Waals surface area contributed by atoms with Crippen molar-refractivity contribution in [2.24, 2.45) is 0 Å². The molecule has 0 aromatic heterocycles. The molecule has 2 N–H and O–H groups in total. The quantitative estimate of drug-likeness (QED) is 0.754. The second-order valence-corrected chi connectivity index (χ2v) is 4.51. The number of anilines is 1. The van der Waals surface area contributed by atoms with Crippen molar-refractivity contribution >= 4 is 17.6 Å². The van der Waals surface area contributed by atoms with Gasteiger partial charge < -0.3 is 10.4 Å². The summed E-state index contributed by atoms with van der Waals surface area (Å²) in [7, 11) is 1.59. The molecule has 5 nitrogen and oxygen atoms in total. The number of nitrogens with zero attached hydrogens (tertiary/aromatic N) is 1. The fourth-order valence-electron chi connectivity index (χ4n) is 1.64. The average molecular weight is 304 g/mol. The summed E-state index contributed by atoms with van der Waals surface area (Å²) in [5, 5.41) is 10.6. The number of carboxylic acid groups (broad SMARTS) is 1. The smallest absolute Gasteiger partial charge is 0.303 e. The Labute approximate surface area is 119 Å². The van der Waals surface area contributed by atoms with Crippen molar-refractivity contribution in [1.82, 2.24) is 4.90 Å². The van der Waals surface area contributed by atoms with E-state index in [9.17, 15) is 22.8 Å². The van der Waals surface area contributed by atoms with Gasteiger partial charge in [0, 0.05) is 6.42 Å². The van der Waals surface area contributed by atoms with E-state index in [0.29, 0.717) is 19.0 Å². The number of benzene rings is 1. The normalized spacial score (nSPS) is 10.7. The molecule has 0 aliphatic rings. The van der Waals surface area contributed by atoms with Crippen molar-refractivity contribution in [3.05, 3.63) is 29.6 Å². The molecule has 0 fully saturated rings. The Morgan fingerprint density at radius 2 is 1.90 bits per heavy atom. The van der Waals surface area contributed by atoms with Crippen LogP contribution < -0.4 is 5.32 Å². The molecule has 0 atom stereocenters. The van der Waals surface area contributed by atoms with Crippen LogP contribution in [0.25, 0.3) is 0 Å². The van der Waals surface area contributed by atoms with E-state index in [1.165, 1.54) is 4.90 Å². The summed E-state index contributed by atoms with van der Waals surface area (Å²) < 4.78 is 39.1. The Kier molecular flexibility index (Phi) is 6.16. The molecule has 0 spiro atoms. The van der Waals surface area contributed by atoms with Crippen LogP contribution in [-0.2, 0) is 9.59 Å². The van der Waals surface area contributed by atoms with E-state index in [0.717, 1.165) is 6.07 Å². The average Bonchev–Trinajstić information content (AvgIpc) is 2.39. The van der Waals surface area contributed by atoms with E-state index in [1.54, 1.807) is 7.05 Å². The molecule has 116 valence electrons. The van der Waals surface area contributed by atoms with Crippen LogP contribution >= 0.6 is 0 Å². The van der Waals surface area contributed by atoms with E-state index < -0.39 is 35.0 Å². The standard InChI is InChI=1S/C13H15F3N2O3/c1-18(6-2-3-11(20)21)7-10(19)17-9-5-4-8(14)12(15)13(9)16/h4-5H,2-3,6-7H2,1H3,(H,17,19)(H,20,21). The van der Waals surface area contributed by atoms with Gasteiger partial charge >= 0.3 is 5.97 Å². The predicted octanol–water partition coefficient (Wildman–Crippen LogP) is 1.84. The first-order valence-electron chi connectivity index (χ1n) is 6.15. The molecule has 1 aromatic carbocycles. The lowest BCUT2D eigenvalue weighted by Gasteiger charge is -2.15. The lowest BCUT2D eigenvalue weighted by Crippen LogP contribution is -2.31. The number of carboxylic acids is 1. The van der Waals surface area contributed by atoms with E-state index in [2.05, 4.69) is 5.32 Å². The highest BCUT2D eigenvalue weighted by Crippen LogP contribution is 2.19. The maximum Gasteiger partial charge on any atom is 0.303 e. The molecule has 1 aromatic rings. The topological polar surface area (TPSA) is 69.6 Å². The minimum Gasteiger partial charge on any atom is -0.481 e. The number of nitrogens with one attached hydrogen (secondary N) is 1. The maximum atomic E-state index is 13.3. The fraction of sp³-hybridized carbons (Fsp3) is 0.385. The SMILES string of the molecule is CN(CCCC(=O)O)CC(=O)Nc1ccc(F)c(F)c1F. The molecule has 0 unspecified atom stereocenters. The first kappa shape index (κ1) is 17.0. The van der Waals surface area contributed by atoms with Crippen molar-refractivity contribution in [2.75, 3.05) is 25.5 Å². The predicted molar refractivity (Wildman–Crippen MR) is 69.3 cm³/mol. The number of halogens is 3. The minimum absolute atomic E-state index is 0.0240. The molecule has 1 amide bonds. The van der Waals surface area contributed by atoms with Crippen LogP contribution in [0.15, 0.2) is 12.1 Å². The van der Waals surface area contributed by atoms with Gasteiger partial charge in [0.05, 0.1) is 12.2 Å². The molecule has 0 saturated carbocycles. The number of likely N-dealkylation sites (N-methyl/N-ethyl adjacent to an activating group) is 1. The number of carbonyl (C=O) groups excluding carboxylic acids is 1. The summed E-state index contributed by atoms with van der Waals surface area (Å²) >= 11 is 0. The minimum atomic E-state index is -1.65. The molecule has 0 saturated heterocycles. The van der Waals surface area contributed by atoms with E-state index in [4.69, 9.17) is 5.11 Å². The number of aliphatic carboxylic acids is 1. The largest absolute Gasteiger partial charge is 0.481 e. The zero-order valence-corrected chi connectivity index (χ0v) is 11.3. The van der Waals surface area contributed by atoms with Crippen LogP contribution in [0, 0.1) is 17.5 Å². The zero-order valence-electron chi connectivity index (χ0n) is 11.3. The van der Waals surface area contributed by atoms with Crippen molar-refractivity contribution in [3.63, 3.8) is 0 Å². The van der Waals surface area contributed by atoms with Gasteiger partial charge in [0.1, 0.15) is 0 Å². The third kappa shape index (κ3) is 5.42. The third-order valence-electron chi connectivity index (χ3n) is 2.65. The highest BCUT2D eigenvalue weighted by Gasteiger charge is 2.15. The Morgan fingerprint density at radius 1 is 1.24 bits per heavy atom. The highest BCUT2D eigenvalue weighted by molar-refractivity contribution is 5.92. The van der Waals surface area contributed by atoms with Crippen LogP contribution in [0.2, 0.25) is 0 Å². The molecular formula is C13H15F3N2O3. The molecule has 0 heterocycles. The summed E-state index contributed by atoms with van der Waals surface area (Å²) in [5.41, 5.74) is -0.446.